The molecular weight excluding hydrogens is 186 g/mol. The summed E-state index contributed by atoms with van der Waals surface area (Å²) in [5.74, 6) is 1.35. The highest BCUT2D eigenvalue weighted by molar-refractivity contribution is 5.12. The Kier molecular flexibility index (Phi) is 3.41. The van der Waals surface area contributed by atoms with Crippen molar-refractivity contribution in [3.63, 3.8) is 0 Å². The second-order valence-corrected chi connectivity index (χ2v) is 4.93. The molecule has 0 amide bonds. The maximum absolute atomic E-state index is 4.42. The van der Waals surface area contributed by atoms with Gasteiger partial charge >= 0.3 is 0 Å². The lowest BCUT2D eigenvalue weighted by Gasteiger charge is -2.21. The number of aromatic nitrogens is 2. The fourth-order valence-electron chi connectivity index (χ4n) is 2.20. The quantitative estimate of drug-likeness (QED) is 0.821. The predicted octanol–water partition coefficient (Wildman–Crippen LogP) is 2.01. The van der Waals surface area contributed by atoms with Crippen molar-refractivity contribution in [1.29, 1.82) is 0 Å². The van der Waals surface area contributed by atoms with Crippen LogP contribution in [0.1, 0.15) is 38.2 Å². The van der Waals surface area contributed by atoms with Gasteiger partial charge in [0, 0.05) is 19.3 Å². The van der Waals surface area contributed by atoms with Gasteiger partial charge in [0.25, 0.3) is 0 Å². The zero-order chi connectivity index (χ0) is 10.7. The molecule has 1 aliphatic heterocycles. The Morgan fingerprint density at radius 2 is 2.47 bits per heavy atom. The summed E-state index contributed by atoms with van der Waals surface area (Å²) in [6, 6.07) is 0. The molecule has 0 radical (unpaired) electrons. The lowest BCUT2D eigenvalue weighted by atomic mass is 9.94. The number of hydrogen-bond acceptors (Lipinski definition) is 2. The molecule has 1 aromatic heterocycles. The largest absolute Gasteiger partial charge is 0.316 e. The monoisotopic (exact) mass is 207 g/mol. The van der Waals surface area contributed by atoms with E-state index in [1.54, 1.807) is 0 Å². The van der Waals surface area contributed by atoms with Crippen LogP contribution < -0.4 is 5.32 Å². The minimum Gasteiger partial charge on any atom is -0.316 e. The third-order valence-electron chi connectivity index (χ3n) is 2.97. The summed E-state index contributed by atoms with van der Waals surface area (Å²) < 4.78 is 2.08. The Balaban J connectivity index is 1.99. The molecular formula is C12H21N3. The molecule has 1 saturated heterocycles. The number of nitrogens with one attached hydrogen (secondary N) is 1. The van der Waals surface area contributed by atoms with Crippen molar-refractivity contribution in [3.8, 4) is 0 Å². The van der Waals surface area contributed by atoms with E-state index in [1.165, 1.54) is 24.9 Å². The Labute approximate surface area is 91.9 Å². The van der Waals surface area contributed by atoms with E-state index in [9.17, 15) is 0 Å². The second kappa shape index (κ2) is 4.79. The molecule has 1 N–H and O–H groups in total. The normalized spacial score (nSPS) is 22.2. The van der Waals surface area contributed by atoms with Crippen LogP contribution in [0.4, 0.5) is 0 Å². The Morgan fingerprint density at radius 1 is 1.60 bits per heavy atom. The first-order valence-corrected chi connectivity index (χ1v) is 5.99. The summed E-state index contributed by atoms with van der Waals surface area (Å²) in [6.45, 7) is 7.77. The van der Waals surface area contributed by atoms with Crippen LogP contribution in [0.2, 0.25) is 0 Å². The van der Waals surface area contributed by atoms with Crippen LogP contribution in [0.3, 0.4) is 0 Å². The highest BCUT2D eigenvalue weighted by Crippen LogP contribution is 2.22. The lowest BCUT2D eigenvalue weighted by Crippen LogP contribution is -2.28. The first-order chi connectivity index (χ1) is 7.25. The molecule has 1 fully saturated rings. The van der Waals surface area contributed by atoms with Crippen molar-refractivity contribution < 1.29 is 0 Å². The molecule has 3 nitrogen and oxygen atoms in total. The van der Waals surface area contributed by atoms with Crippen molar-refractivity contribution in [3.05, 3.63) is 18.0 Å². The molecule has 2 heterocycles. The van der Waals surface area contributed by atoms with E-state index in [2.05, 4.69) is 35.1 Å². The van der Waals surface area contributed by atoms with Gasteiger partial charge in [-0.2, -0.15) is 5.10 Å². The highest BCUT2D eigenvalue weighted by atomic mass is 15.3. The number of nitrogens with zero attached hydrogens (tertiary/aromatic N) is 2. The van der Waals surface area contributed by atoms with Crippen molar-refractivity contribution in [2.24, 2.45) is 5.92 Å². The van der Waals surface area contributed by atoms with Crippen molar-refractivity contribution in [2.75, 3.05) is 13.1 Å². The number of piperidine rings is 1. The molecule has 84 valence electrons. The zero-order valence-electron chi connectivity index (χ0n) is 9.74. The summed E-state index contributed by atoms with van der Waals surface area (Å²) in [4.78, 5) is 0. The van der Waals surface area contributed by atoms with Gasteiger partial charge in [-0.1, -0.05) is 13.8 Å². The van der Waals surface area contributed by atoms with Crippen molar-refractivity contribution in [1.82, 2.24) is 15.1 Å². The third kappa shape index (κ3) is 2.81. The average Bonchev–Trinajstić information content (AvgIpc) is 2.67. The topological polar surface area (TPSA) is 29.9 Å². The van der Waals surface area contributed by atoms with Crippen LogP contribution in [0, 0.1) is 5.92 Å². The zero-order valence-corrected chi connectivity index (χ0v) is 9.74. The molecule has 3 heteroatoms. The molecule has 0 saturated carbocycles. The summed E-state index contributed by atoms with van der Waals surface area (Å²) in [7, 11) is 0. The summed E-state index contributed by atoms with van der Waals surface area (Å²) in [6.07, 6.45) is 6.86. The van der Waals surface area contributed by atoms with Crippen LogP contribution >= 0.6 is 0 Å². The highest BCUT2D eigenvalue weighted by Gasteiger charge is 2.16. The number of rotatable bonds is 3. The minimum absolute atomic E-state index is 0.669. The third-order valence-corrected chi connectivity index (χ3v) is 2.97. The van der Waals surface area contributed by atoms with Crippen LogP contribution in [-0.2, 0) is 6.54 Å². The van der Waals surface area contributed by atoms with Gasteiger partial charge in [-0.05, 0) is 36.8 Å². The van der Waals surface area contributed by atoms with E-state index < -0.39 is 0 Å². The number of hydrogen-bond donors (Lipinski definition) is 1. The molecule has 1 aromatic rings. The van der Waals surface area contributed by atoms with Gasteiger partial charge in [0.15, 0.2) is 0 Å². The maximum atomic E-state index is 4.42. The van der Waals surface area contributed by atoms with E-state index in [4.69, 9.17) is 0 Å². The van der Waals surface area contributed by atoms with Gasteiger partial charge in [0.05, 0.1) is 6.20 Å². The first kappa shape index (κ1) is 10.7. The van der Waals surface area contributed by atoms with Crippen LogP contribution in [0.25, 0.3) is 0 Å². The molecule has 1 unspecified atom stereocenters. The van der Waals surface area contributed by atoms with E-state index in [-0.39, 0.29) is 0 Å². The Morgan fingerprint density at radius 3 is 3.13 bits per heavy atom. The molecule has 0 spiro atoms. The van der Waals surface area contributed by atoms with E-state index in [0.717, 1.165) is 13.1 Å². The fraction of sp³-hybridized carbons (Fsp3) is 0.750. The Hall–Kier alpha value is -0.830. The lowest BCUT2D eigenvalue weighted by molar-refractivity contribution is 0.458. The predicted molar refractivity (Wildman–Crippen MR) is 61.9 cm³/mol. The summed E-state index contributed by atoms with van der Waals surface area (Å²) >= 11 is 0. The van der Waals surface area contributed by atoms with Crippen LogP contribution in [-0.4, -0.2) is 22.9 Å². The van der Waals surface area contributed by atoms with E-state index in [0.29, 0.717) is 11.8 Å². The summed E-state index contributed by atoms with van der Waals surface area (Å²) in [5, 5.41) is 7.87. The van der Waals surface area contributed by atoms with Gasteiger partial charge in [0.2, 0.25) is 0 Å². The smallest absolute Gasteiger partial charge is 0.0525 e. The van der Waals surface area contributed by atoms with Crippen molar-refractivity contribution >= 4 is 0 Å². The molecule has 2 rings (SSSR count). The average molecular weight is 207 g/mol. The standard InChI is InChI=1S/C12H21N3/c1-10(2)8-15-9-12(7-14-15)11-4-3-5-13-6-11/h7,9-11,13H,3-6,8H2,1-2H3. The first-order valence-electron chi connectivity index (χ1n) is 5.99. The molecule has 0 aromatic carbocycles. The molecule has 1 aliphatic rings. The van der Waals surface area contributed by atoms with Crippen LogP contribution in [0.15, 0.2) is 12.4 Å². The minimum atomic E-state index is 0.669. The Bertz CT molecular complexity index is 298. The van der Waals surface area contributed by atoms with Gasteiger partial charge in [-0.3, -0.25) is 4.68 Å². The van der Waals surface area contributed by atoms with Gasteiger partial charge in [-0.25, -0.2) is 0 Å². The van der Waals surface area contributed by atoms with Gasteiger partial charge in [0.1, 0.15) is 0 Å². The van der Waals surface area contributed by atoms with E-state index in [1.807, 2.05) is 6.20 Å². The molecule has 1 atom stereocenters. The fourth-order valence-corrected chi connectivity index (χ4v) is 2.20. The van der Waals surface area contributed by atoms with Crippen LogP contribution in [0.5, 0.6) is 0 Å². The maximum Gasteiger partial charge on any atom is 0.0525 e. The SMILES string of the molecule is CC(C)Cn1cc(C2CCCNC2)cn1. The summed E-state index contributed by atoms with van der Waals surface area (Å²) in [5.41, 5.74) is 1.41. The van der Waals surface area contributed by atoms with Gasteiger partial charge in [-0.15, -0.1) is 0 Å². The molecule has 0 aliphatic carbocycles. The second-order valence-electron chi connectivity index (χ2n) is 4.93. The molecule has 0 bridgehead atoms. The van der Waals surface area contributed by atoms with E-state index >= 15 is 0 Å². The molecule has 15 heavy (non-hydrogen) atoms. The van der Waals surface area contributed by atoms with Gasteiger partial charge < -0.3 is 5.32 Å². The van der Waals surface area contributed by atoms with Crippen molar-refractivity contribution in [2.45, 2.75) is 39.2 Å².